The normalized spacial score (nSPS) is 17.0. The first-order chi connectivity index (χ1) is 18.4. The molecular weight excluding hydrogens is 498 g/mol. The number of nitrogens with two attached hydrogens (primary N) is 2. The van der Waals surface area contributed by atoms with Crippen molar-refractivity contribution in [3.05, 3.63) is 94.5 Å². The van der Waals surface area contributed by atoms with E-state index < -0.39 is 0 Å². The zero-order valence-corrected chi connectivity index (χ0v) is 21.6. The predicted molar refractivity (Wildman–Crippen MR) is 150 cm³/mol. The molecule has 9 nitrogen and oxygen atoms in total. The summed E-state index contributed by atoms with van der Waals surface area (Å²) >= 11 is 1.25. The second-order valence-electron chi connectivity index (χ2n) is 9.07. The Balaban J connectivity index is 1.48. The summed E-state index contributed by atoms with van der Waals surface area (Å²) in [5.41, 5.74) is 18.3. The van der Waals surface area contributed by atoms with E-state index in [0.29, 0.717) is 52.6 Å². The summed E-state index contributed by atoms with van der Waals surface area (Å²) in [6, 6.07) is 11.4. The molecule has 3 aromatic rings. The molecule has 0 aliphatic heterocycles. The van der Waals surface area contributed by atoms with Gasteiger partial charge < -0.3 is 16.2 Å². The van der Waals surface area contributed by atoms with E-state index in [0.717, 1.165) is 22.7 Å². The van der Waals surface area contributed by atoms with Crippen LogP contribution in [0.5, 0.6) is 5.75 Å². The van der Waals surface area contributed by atoms with Gasteiger partial charge in [0.05, 0.1) is 17.0 Å². The van der Waals surface area contributed by atoms with Crippen LogP contribution in [0, 0.1) is 11.3 Å². The van der Waals surface area contributed by atoms with Crippen LogP contribution in [0.4, 0.5) is 10.8 Å². The molecule has 192 valence electrons. The Morgan fingerprint density at radius 2 is 2.03 bits per heavy atom. The topological polar surface area (TPSA) is 153 Å². The van der Waals surface area contributed by atoms with Crippen molar-refractivity contribution in [2.45, 2.75) is 26.2 Å². The van der Waals surface area contributed by atoms with Crippen LogP contribution in [-0.4, -0.2) is 26.9 Å². The number of carbonyl (C=O) groups excluding carboxylic acids is 1. The molecule has 0 fully saturated rings. The monoisotopic (exact) mass is 525 g/mol. The molecule has 1 aromatic carbocycles. The van der Waals surface area contributed by atoms with Gasteiger partial charge in [-0.3, -0.25) is 15.5 Å². The lowest BCUT2D eigenvalue weighted by Crippen LogP contribution is -2.20. The lowest BCUT2D eigenvalue weighted by Gasteiger charge is -2.23. The largest absolute Gasteiger partial charge is 0.462 e. The Labute approximate surface area is 224 Å². The Kier molecular flexibility index (Phi) is 7.14. The van der Waals surface area contributed by atoms with Gasteiger partial charge >= 0.3 is 0 Å². The Bertz CT molecular complexity index is 1510. The molecule has 2 aliphatic carbocycles. The summed E-state index contributed by atoms with van der Waals surface area (Å²) in [5, 5.41) is 19.0. The first kappa shape index (κ1) is 25.1. The van der Waals surface area contributed by atoms with Crippen molar-refractivity contribution in [2.75, 3.05) is 11.1 Å². The highest BCUT2D eigenvalue weighted by molar-refractivity contribution is 7.13. The number of amides is 1. The molecule has 1 amide bonds. The average Bonchev–Trinajstić information content (AvgIpc) is 3.42. The first-order valence-corrected chi connectivity index (χ1v) is 13.0. The number of pyridine rings is 1. The maximum Gasteiger partial charge on any atom is 0.257 e. The number of carbonyl (C=O) groups is 1. The number of hydrogen-bond acceptors (Lipinski definition) is 8. The number of nitrogens with zero attached hydrogens (tertiary/aromatic N) is 3. The van der Waals surface area contributed by atoms with Crippen molar-refractivity contribution in [2.24, 2.45) is 11.7 Å². The third-order valence-electron chi connectivity index (χ3n) is 6.40. The second kappa shape index (κ2) is 10.8. The number of amidine groups is 1. The van der Waals surface area contributed by atoms with Crippen LogP contribution in [0.2, 0.25) is 0 Å². The molecule has 5 rings (SSSR count). The molecule has 2 heterocycles. The Morgan fingerprint density at radius 3 is 2.71 bits per heavy atom. The highest BCUT2D eigenvalue weighted by Gasteiger charge is 2.24. The number of hydrogen-bond donors (Lipinski definition) is 4. The fourth-order valence-corrected chi connectivity index (χ4v) is 4.89. The van der Waals surface area contributed by atoms with Crippen molar-refractivity contribution >= 4 is 45.0 Å². The number of nitrogen functional groups attached to an aromatic ring is 2. The van der Waals surface area contributed by atoms with Crippen molar-refractivity contribution < 1.29 is 9.53 Å². The van der Waals surface area contributed by atoms with Crippen molar-refractivity contribution in [3.8, 4) is 5.75 Å². The minimum Gasteiger partial charge on any atom is -0.462 e. The van der Waals surface area contributed by atoms with Gasteiger partial charge in [0, 0.05) is 17.7 Å². The first-order valence-electron chi connectivity index (χ1n) is 12.2. The number of anilines is 2. The highest BCUT2D eigenvalue weighted by atomic mass is 32.1. The molecule has 0 saturated heterocycles. The van der Waals surface area contributed by atoms with Gasteiger partial charge in [-0.25, -0.2) is 4.98 Å². The SMILES string of the molecule is CC1CC=C(C(=O)Nc2nncs2)C=C1c1cc(N)c(C(=N)N)c(C2=CC=C(Oc3ccccc3)CC2)n1. The Morgan fingerprint density at radius 1 is 1.21 bits per heavy atom. The fourth-order valence-electron chi connectivity index (χ4n) is 4.45. The molecule has 0 bridgehead atoms. The van der Waals surface area contributed by atoms with Gasteiger partial charge in [-0.1, -0.05) is 48.6 Å². The minimum absolute atomic E-state index is 0.113. The van der Waals surface area contributed by atoms with E-state index in [2.05, 4.69) is 22.4 Å². The van der Waals surface area contributed by atoms with Crippen molar-refractivity contribution in [1.82, 2.24) is 15.2 Å². The number of benzene rings is 1. The van der Waals surface area contributed by atoms with Crippen LogP contribution in [0.15, 0.2) is 77.5 Å². The number of rotatable bonds is 7. The third-order valence-corrected chi connectivity index (χ3v) is 7.01. The molecule has 10 heteroatoms. The van der Waals surface area contributed by atoms with E-state index >= 15 is 0 Å². The smallest absolute Gasteiger partial charge is 0.257 e. The Hall–Kier alpha value is -4.57. The quantitative estimate of drug-likeness (QED) is 0.252. The summed E-state index contributed by atoms with van der Waals surface area (Å²) in [7, 11) is 0. The molecule has 1 atom stereocenters. The van der Waals surface area contributed by atoms with E-state index in [4.69, 9.17) is 26.6 Å². The molecule has 38 heavy (non-hydrogen) atoms. The maximum absolute atomic E-state index is 12.8. The molecule has 2 aliphatic rings. The zero-order chi connectivity index (χ0) is 26.6. The predicted octanol–water partition coefficient (Wildman–Crippen LogP) is 4.93. The zero-order valence-electron chi connectivity index (χ0n) is 20.8. The summed E-state index contributed by atoms with van der Waals surface area (Å²) in [6.07, 6.45) is 9.59. The van der Waals surface area contributed by atoms with Gasteiger partial charge in [0.1, 0.15) is 22.9 Å². The van der Waals surface area contributed by atoms with E-state index in [1.54, 1.807) is 11.6 Å². The van der Waals surface area contributed by atoms with Crippen LogP contribution in [0.1, 0.15) is 43.1 Å². The van der Waals surface area contributed by atoms with Crippen LogP contribution < -0.4 is 21.5 Å². The van der Waals surface area contributed by atoms with Crippen molar-refractivity contribution in [3.63, 3.8) is 0 Å². The molecule has 1 unspecified atom stereocenters. The molecule has 2 aromatic heterocycles. The fraction of sp³-hybridized carbons (Fsp3) is 0.179. The van der Waals surface area contributed by atoms with Crippen LogP contribution in [-0.2, 0) is 4.79 Å². The maximum atomic E-state index is 12.8. The van der Waals surface area contributed by atoms with Gasteiger partial charge in [0.15, 0.2) is 0 Å². The number of para-hydroxylation sites is 1. The molecule has 6 N–H and O–H groups in total. The third kappa shape index (κ3) is 5.40. The van der Waals surface area contributed by atoms with Crippen LogP contribution in [0.3, 0.4) is 0 Å². The molecule has 0 spiro atoms. The van der Waals surface area contributed by atoms with E-state index in [-0.39, 0.29) is 17.7 Å². The minimum atomic E-state index is -0.259. The van der Waals surface area contributed by atoms with Gasteiger partial charge in [-0.05, 0) is 60.3 Å². The van der Waals surface area contributed by atoms with Crippen LogP contribution in [0.25, 0.3) is 11.1 Å². The lowest BCUT2D eigenvalue weighted by molar-refractivity contribution is -0.112. The number of nitrogens with one attached hydrogen (secondary N) is 2. The van der Waals surface area contributed by atoms with Gasteiger partial charge in [-0.2, -0.15) is 0 Å². The number of allylic oxidation sites excluding steroid dienone is 6. The van der Waals surface area contributed by atoms with E-state index in [1.807, 2.05) is 54.6 Å². The second-order valence-corrected chi connectivity index (χ2v) is 9.90. The van der Waals surface area contributed by atoms with Gasteiger partial charge in [0.25, 0.3) is 5.91 Å². The average molecular weight is 526 g/mol. The van der Waals surface area contributed by atoms with E-state index in [1.165, 1.54) is 11.3 Å². The standard InChI is InChI=1S/C28H27N7O2S/c1-16-7-8-18(27(36)34-28-35-32-15-38-28)13-21(16)23-14-22(29)24(26(30)31)25(33-23)17-9-11-20(12-10-17)37-19-5-3-2-4-6-19/h2-6,8-9,11,13-16H,7,10,12H2,1H3,(H2,29,33)(H3,30,31)(H,34,35,36). The summed E-state index contributed by atoms with van der Waals surface area (Å²) in [4.78, 5) is 17.8. The lowest BCUT2D eigenvalue weighted by atomic mass is 9.86. The summed E-state index contributed by atoms with van der Waals surface area (Å²) < 4.78 is 5.99. The van der Waals surface area contributed by atoms with Gasteiger partial charge in [-0.15, -0.1) is 10.2 Å². The van der Waals surface area contributed by atoms with Crippen molar-refractivity contribution in [1.29, 1.82) is 5.41 Å². The number of aromatic nitrogens is 3. The van der Waals surface area contributed by atoms with E-state index in [9.17, 15) is 4.79 Å². The number of ether oxygens (including phenoxy) is 1. The molecular formula is C28H27N7O2S. The van der Waals surface area contributed by atoms with Crippen LogP contribution >= 0.6 is 11.3 Å². The summed E-state index contributed by atoms with van der Waals surface area (Å²) in [6.45, 7) is 2.08. The van der Waals surface area contributed by atoms with Gasteiger partial charge in [0.2, 0.25) is 5.13 Å². The molecule has 0 saturated carbocycles. The summed E-state index contributed by atoms with van der Waals surface area (Å²) in [5.74, 6) is 1.33. The highest BCUT2D eigenvalue weighted by Crippen LogP contribution is 2.36. The molecule has 0 radical (unpaired) electrons.